The molecule has 1 aromatic carbocycles. The standard InChI is InChI=1S/C11H15N3O2/c1-2-9(10(15)16)14(11(12)13)8-6-4-3-5-7-8/h3-7,9H,2H2,1H3,(H3,12,13)(H,15,16)/t9-/m0/s1. The highest BCUT2D eigenvalue weighted by Crippen LogP contribution is 2.17. The van der Waals surface area contributed by atoms with Crippen LogP contribution < -0.4 is 10.6 Å². The molecule has 1 aromatic rings. The number of hydrogen-bond acceptors (Lipinski definition) is 2. The zero-order valence-corrected chi connectivity index (χ0v) is 9.05. The fourth-order valence-electron chi connectivity index (χ4n) is 1.54. The molecule has 0 aromatic heterocycles. The topological polar surface area (TPSA) is 90.4 Å². The first kappa shape index (κ1) is 12.0. The predicted molar refractivity (Wildman–Crippen MR) is 62.5 cm³/mol. The number of nitrogens with two attached hydrogens (primary N) is 1. The Hall–Kier alpha value is -2.04. The van der Waals surface area contributed by atoms with Crippen LogP contribution in [0, 0.1) is 5.41 Å². The van der Waals surface area contributed by atoms with E-state index in [0.717, 1.165) is 0 Å². The molecule has 5 nitrogen and oxygen atoms in total. The van der Waals surface area contributed by atoms with Crippen LogP contribution in [-0.2, 0) is 4.79 Å². The number of aliphatic carboxylic acids is 1. The molecule has 0 aliphatic heterocycles. The molecule has 0 fully saturated rings. The maximum absolute atomic E-state index is 11.1. The molecule has 0 radical (unpaired) electrons. The summed E-state index contributed by atoms with van der Waals surface area (Å²) in [6, 6.07) is 8.03. The number of carboxylic acid groups (broad SMARTS) is 1. The Kier molecular flexibility index (Phi) is 3.88. The van der Waals surface area contributed by atoms with Gasteiger partial charge in [0.1, 0.15) is 6.04 Å². The van der Waals surface area contributed by atoms with Crippen molar-refractivity contribution in [3.8, 4) is 0 Å². The van der Waals surface area contributed by atoms with Crippen molar-refractivity contribution in [2.45, 2.75) is 19.4 Å². The summed E-state index contributed by atoms with van der Waals surface area (Å²) in [5, 5.41) is 16.5. The molecule has 86 valence electrons. The van der Waals surface area contributed by atoms with Crippen LogP contribution in [0.3, 0.4) is 0 Å². The van der Waals surface area contributed by atoms with Gasteiger partial charge in [0, 0.05) is 5.69 Å². The highest BCUT2D eigenvalue weighted by Gasteiger charge is 2.25. The average molecular weight is 221 g/mol. The summed E-state index contributed by atoms with van der Waals surface area (Å²) < 4.78 is 0. The lowest BCUT2D eigenvalue weighted by atomic mass is 10.1. The first-order chi connectivity index (χ1) is 7.57. The van der Waals surface area contributed by atoms with Gasteiger partial charge >= 0.3 is 5.97 Å². The summed E-state index contributed by atoms with van der Waals surface area (Å²) in [5.74, 6) is -1.25. The Labute approximate surface area is 94.0 Å². The van der Waals surface area contributed by atoms with Crippen LogP contribution >= 0.6 is 0 Å². The van der Waals surface area contributed by atoms with Gasteiger partial charge in [-0.1, -0.05) is 25.1 Å². The number of benzene rings is 1. The van der Waals surface area contributed by atoms with Gasteiger partial charge < -0.3 is 10.8 Å². The number of anilines is 1. The molecule has 0 unspecified atom stereocenters. The summed E-state index contributed by atoms with van der Waals surface area (Å²) in [4.78, 5) is 12.4. The fourth-order valence-corrected chi connectivity index (χ4v) is 1.54. The van der Waals surface area contributed by atoms with E-state index in [4.69, 9.17) is 16.2 Å². The first-order valence-electron chi connectivity index (χ1n) is 4.99. The van der Waals surface area contributed by atoms with E-state index in [2.05, 4.69) is 0 Å². The monoisotopic (exact) mass is 221 g/mol. The van der Waals surface area contributed by atoms with Crippen molar-refractivity contribution in [3.05, 3.63) is 30.3 Å². The second-order valence-electron chi connectivity index (χ2n) is 3.35. The number of para-hydroxylation sites is 1. The third-order valence-electron chi connectivity index (χ3n) is 2.28. The number of rotatable bonds is 4. The lowest BCUT2D eigenvalue weighted by molar-refractivity contribution is -0.138. The van der Waals surface area contributed by atoms with Gasteiger partial charge in [-0.3, -0.25) is 10.3 Å². The Balaban J connectivity index is 3.09. The predicted octanol–water partition coefficient (Wildman–Crippen LogP) is 1.25. The quantitative estimate of drug-likeness (QED) is 0.527. The molecular formula is C11H15N3O2. The van der Waals surface area contributed by atoms with Crippen LogP contribution in [0.1, 0.15) is 13.3 Å². The van der Waals surface area contributed by atoms with E-state index >= 15 is 0 Å². The Morgan fingerprint density at radius 2 is 2.06 bits per heavy atom. The third-order valence-corrected chi connectivity index (χ3v) is 2.28. The molecule has 0 amide bonds. The van der Waals surface area contributed by atoms with Gasteiger partial charge in [0.05, 0.1) is 0 Å². The maximum atomic E-state index is 11.1. The van der Waals surface area contributed by atoms with Crippen LogP contribution in [0.25, 0.3) is 0 Å². The number of carbonyl (C=O) groups is 1. The van der Waals surface area contributed by atoms with E-state index in [9.17, 15) is 4.79 Å². The van der Waals surface area contributed by atoms with Crippen LogP contribution in [-0.4, -0.2) is 23.1 Å². The Morgan fingerprint density at radius 3 is 2.44 bits per heavy atom. The second-order valence-corrected chi connectivity index (χ2v) is 3.35. The SMILES string of the molecule is CC[C@@H](C(=O)O)N(C(=N)N)c1ccccc1. The van der Waals surface area contributed by atoms with Crippen LogP contribution in [0.5, 0.6) is 0 Å². The van der Waals surface area contributed by atoms with E-state index < -0.39 is 12.0 Å². The molecule has 0 saturated carbocycles. The fraction of sp³-hybridized carbons (Fsp3) is 0.273. The summed E-state index contributed by atoms with van der Waals surface area (Å²) in [5.41, 5.74) is 6.04. The molecule has 0 aliphatic carbocycles. The number of hydrogen-bond donors (Lipinski definition) is 3. The highest BCUT2D eigenvalue weighted by atomic mass is 16.4. The van der Waals surface area contributed by atoms with Gasteiger partial charge in [0.25, 0.3) is 0 Å². The second kappa shape index (κ2) is 5.16. The average Bonchev–Trinajstić information content (AvgIpc) is 2.25. The van der Waals surface area contributed by atoms with Crippen molar-refractivity contribution >= 4 is 17.6 Å². The van der Waals surface area contributed by atoms with Crippen LogP contribution in [0.2, 0.25) is 0 Å². The van der Waals surface area contributed by atoms with Crippen LogP contribution in [0.4, 0.5) is 5.69 Å². The number of guanidine groups is 1. The van der Waals surface area contributed by atoms with E-state index in [1.54, 1.807) is 31.2 Å². The van der Waals surface area contributed by atoms with E-state index in [1.807, 2.05) is 6.07 Å². The zero-order valence-electron chi connectivity index (χ0n) is 9.05. The molecule has 1 atom stereocenters. The van der Waals surface area contributed by atoms with Crippen molar-refractivity contribution in [3.63, 3.8) is 0 Å². The van der Waals surface area contributed by atoms with Crippen molar-refractivity contribution in [1.82, 2.24) is 0 Å². The van der Waals surface area contributed by atoms with Gasteiger partial charge in [0.2, 0.25) is 0 Å². The molecule has 0 bridgehead atoms. The Bertz CT molecular complexity index is 378. The molecule has 4 N–H and O–H groups in total. The van der Waals surface area contributed by atoms with Gasteiger partial charge in [-0.2, -0.15) is 0 Å². The summed E-state index contributed by atoms with van der Waals surface area (Å²) in [6.07, 6.45) is 0.379. The molecule has 0 aliphatic rings. The molecule has 16 heavy (non-hydrogen) atoms. The van der Waals surface area contributed by atoms with Gasteiger partial charge in [-0.15, -0.1) is 0 Å². The van der Waals surface area contributed by atoms with Crippen molar-refractivity contribution in [2.75, 3.05) is 4.90 Å². The summed E-state index contributed by atoms with van der Waals surface area (Å²) in [7, 11) is 0. The number of carboxylic acids is 1. The first-order valence-corrected chi connectivity index (χ1v) is 4.99. The van der Waals surface area contributed by atoms with E-state index in [-0.39, 0.29) is 5.96 Å². The normalized spacial score (nSPS) is 11.8. The van der Waals surface area contributed by atoms with Gasteiger partial charge in [0.15, 0.2) is 5.96 Å². The third kappa shape index (κ3) is 2.50. The number of nitrogens with one attached hydrogen (secondary N) is 1. The molecule has 5 heteroatoms. The summed E-state index contributed by atoms with van der Waals surface area (Å²) in [6.45, 7) is 1.75. The largest absolute Gasteiger partial charge is 0.480 e. The van der Waals surface area contributed by atoms with Crippen molar-refractivity contribution in [2.24, 2.45) is 5.73 Å². The molecule has 0 spiro atoms. The molecular weight excluding hydrogens is 206 g/mol. The van der Waals surface area contributed by atoms with Gasteiger partial charge in [-0.25, -0.2) is 4.79 Å². The molecule has 1 rings (SSSR count). The highest BCUT2D eigenvalue weighted by molar-refractivity contribution is 5.98. The van der Waals surface area contributed by atoms with E-state index in [0.29, 0.717) is 12.1 Å². The number of nitrogens with zero attached hydrogens (tertiary/aromatic N) is 1. The lowest BCUT2D eigenvalue weighted by Gasteiger charge is -2.28. The minimum absolute atomic E-state index is 0.263. The molecule has 0 saturated heterocycles. The van der Waals surface area contributed by atoms with Gasteiger partial charge in [-0.05, 0) is 18.6 Å². The lowest BCUT2D eigenvalue weighted by Crippen LogP contribution is -2.48. The smallest absolute Gasteiger partial charge is 0.326 e. The summed E-state index contributed by atoms with van der Waals surface area (Å²) >= 11 is 0. The minimum atomic E-state index is -0.985. The van der Waals surface area contributed by atoms with Crippen LogP contribution in [0.15, 0.2) is 30.3 Å². The molecule has 0 heterocycles. The Morgan fingerprint density at radius 1 is 1.50 bits per heavy atom. The van der Waals surface area contributed by atoms with E-state index in [1.165, 1.54) is 4.90 Å². The van der Waals surface area contributed by atoms with Crippen molar-refractivity contribution < 1.29 is 9.90 Å². The van der Waals surface area contributed by atoms with Crippen molar-refractivity contribution in [1.29, 1.82) is 5.41 Å². The zero-order chi connectivity index (χ0) is 12.1. The minimum Gasteiger partial charge on any atom is -0.480 e. The maximum Gasteiger partial charge on any atom is 0.326 e.